The second-order valence-electron chi connectivity index (χ2n) is 2.59. The molecule has 0 nitrogen and oxygen atoms in total. The van der Waals surface area contributed by atoms with E-state index in [9.17, 15) is 0 Å². The lowest BCUT2D eigenvalue weighted by Crippen LogP contribution is -1.79. The van der Waals surface area contributed by atoms with Gasteiger partial charge >= 0.3 is 0 Å². The minimum atomic E-state index is 1.35. The van der Waals surface area contributed by atoms with Crippen LogP contribution in [0.1, 0.15) is 16.7 Å². The van der Waals surface area contributed by atoms with Crippen LogP contribution in [-0.4, -0.2) is 0 Å². The Kier molecular flexibility index (Phi) is 10.0. The van der Waals surface area contributed by atoms with Gasteiger partial charge in [-0.2, -0.15) is 0 Å². The molecular formula is C9H12F4. The predicted octanol–water partition coefficient (Wildman–Crippen LogP) is 4.29. The predicted molar refractivity (Wildman–Crippen MR) is 45.1 cm³/mol. The fraction of sp³-hybridized carbons (Fsp3) is 0.333. The van der Waals surface area contributed by atoms with Gasteiger partial charge in [-0.25, -0.2) is 0 Å². The van der Waals surface area contributed by atoms with Gasteiger partial charge in [-0.3, -0.25) is 0 Å². The maximum Gasteiger partial charge on any atom is 0 e. The van der Waals surface area contributed by atoms with Gasteiger partial charge < -0.3 is 0 Å². The number of rotatable bonds is 0. The largest absolute Gasteiger partial charge is 0.0590 e. The Labute approximate surface area is 74.9 Å². The maximum absolute atomic E-state index is 8.00. The Bertz CT molecular complexity index is 223. The molecule has 0 bridgehead atoms. The van der Waals surface area contributed by atoms with Crippen molar-refractivity contribution in [2.75, 3.05) is 0 Å². The van der Waals surface area contributed by atoms with Gasteiger partial charge in [0.2, 0.25) is 0 Å². The van der Waals surface area contributed by atoms with Crippen molar-refractivity contribution in [1.29, 1.82) is 0 Å². The van der Waals surface area contributed by atoms with E-state index < -0.39 is 0 Å². The minimum Gasteiger partial charge on any atom is -0.0590 e. The zero-order valence-electron chi connectivity index (χ0n) is 7.74. The quantitative estimate of drug-likeness (QED) is 0.543. The monoisotopic (exact) mass is 196 g/mol. The summed E-state index contributed by atoms with van der Waals surface area (Å²) >= 11 is 0. The van der Waals surface area contributed by atoms with Crippen LogP contribution in [0.5, 0.6) is 0 Å². The zero-order valence-corrected chi connectivity index (χ0v) is 7.74. The van der Waals surface area contributed by atoms with Crippen LogP contribution >= 0.6 is 0 Å². The van der Waals surface area contributed by atoms with Gasteiger partial charge in [-0.15, -0.1) is 0 Å². The molecule has 13 heavy (non-hydrogen) atoms. The molecule has 1 rings (SSSR count). The number of hydrogen-bond donors (Lipinski definition) is 0. The first kappa shape index (κ1) is 14.5. The zero-order chi connectivity index (χ0) is 10.9. The van der Waals surface area contributed by atoms with E-state index in [1.807, 2.05) is 0 Å². The third-order valence-corrected chi connectivity index (χ3v) is 1.66. The van der Waals surface area contributed by atoms with Crippen LogP contribution < -0.4 is 0 Å². The standard InChI is InChI=1S/C9H12.2F2/c1-7-4-5-8(2)9(3)6-7;2*1-2/h4-6H,1-3H3;;. The average Bonchev–Trinajstić information content (AvgIpc) is 2.18. The second kappa shape index (κ2) is 9.03. The molecule has 0 aromatic heterocycles. The molecule has 0 unspecified atom stereocenters. The first-order valence-electron chi connectivity index (χ1n) is 3.52. The minimum absolute atomic E-state index is 1.35. The molecule has 76 valence electrons. The average molecular weight is 196 g/mol. The van der Waals surface area contributed by atoms with Gasteiger partial charge in [0.15, 0.2) is 0 Å². The molecule has 0 radical (unpaired) electrons. The van der Waals surface area contributed by atoms with Crippen LogP contribution in [0.2, 0.25) is 0 Å². The summed E-state index contributed by atoms with van der Waals surface area (Å²) < 4.78 is 32.0. The molecule has 0 fully saturated rings. The van der Waals surface area contributed by atoms with Crippen molar-refractivity contribution in [2.45, 2.75) is 20.8 Å². The van der Waals surface area contributed by atoms with Crippen LogP contribution in [0.3, 0.4) is 0 Å². The summed E-state index contributed by atoms with van der Waals surface area (Å²) in [5, 5.41) is 0. The van der Waals surface area contributed by atoms with Crippen molar-refractivity contribution in [3.63, 3.8) is 0 Å². The van der Waals surface area contributed by atoms with Crippen LogP contribution in [0.4, 0.5) is 18.3 Å². The Morgan fingerprint density at radius 2 is 1.23 bits per heavy atom. The van der Waals surface area contributed by atoms with Crippen molar-refractivity contribution < 1.29 is 18.3 Å². The maximum atomic E-state index is 8.00. The number of aryl methyl sites for hydroxylation is 3. The summed E-state index contributed by atoms with van der Waals surface area (Å²) in [4.78, 5) is 0. The smallest absolute Gasteiger partial charge is 0 e. The van der Waals surface area contributed by atoms with E-state index in [2.05, 4.69) is 39.0 Å². The molecule has 0 heterocycles. The summed E-state index contributed by atoms with van der Waals surface area (Å²) in [6.07, 6.45) is 0. The van der Waals surface area contributed by atoms with E-state index in [0.29, 0.717) is 0 Å². The highest BCUT2D eigenvalue weighted by Crippen LogP contribution is 2.07. The topological polar surface area (TPSA) is 0 Å². The first-order chi connectivity index (χ1) is 6.20. The van der Waals surface area contributed by atoms with Crippen molar-refractivity contribution in [3.05, 3.63) is 34.9 Å². The molecule has 0 atom stereocenters. The fourth-order valence-corrected chi connectivity index (χ4v) is 0.891. The van der Waals surface area contributed by atoms with Crippen LogP contribution in [0.15, 0.2) is 18.2 Å². The molecule has 0 amide bonds. The lowest BCUT2D eigenvalue weighted by molar-refractivity contribution is 0.108. The first-order valence-corrected chi connectivity index (χ1v) is 3.52. The lowest BCUT2D eigenvalue weighted by Gasteiger charge is -1.98. The SMILES string of the molecule is Cc1ccc(C)c(C)c1.FF.FF. The van der Waals surface area contributed by atoms with Crippen LogP contribution in [-0.2, 0) is 0 Å². The van der Waals surface area contributed by atoms with Gasteiger partial charge in [0.05, 0.1) is 0 Å². The van der Waals surface area contributed by atoms with Crippen molar-refractivity contribution in [3.8, 4) is 0 Å². The van der Waals surface area contributed by atoms with Crippen LogP contribution in [0, 0.1) is 20.8 Å². The molecular weight excluding hydrogens is 184 g/mol. The van der Waals surface area contributed by atoms with E-state index in [1.165, 1.54) is 16.7 Å². The van der Waals surface area contributed by atoms with Gasteiger partial charge in [0, 0.05) is 18.3 Å². The summed E-state index contributed by atoms with van der Waals surface area (Å²) in [6.45, 7) is 6.39. The molecule has 0 aliphatic rings. The third-order valence-electron chi connectivity index (χ3n) is 1.66. The Morgan fingerprint density at radius 1 is 0.769 bits per heavy atom. The van der Waals surface area contributed by atoms with E-state index in [0.717, 1.165) is 0 Å². The van der Waals surface area contributed by atoms with Crippen molar-refractivity contribution >= 4 is 0 Å². The third kappa shape index (κ3) is 6.13. The number of hydrogen-bond acceptors (Lipinski definition) is 0. The lowest BCUT2D eigenvalue weighted by atomic mass is 10.1. The van der Waals surface area contributed by atoms with Crippen molar-refractivity contribution in [2.24, 2.45) is 0 Å². The molecule has 0 N–H and O–H groups in total. The Balaban J connectivity index is 0. The highest BCUT2D eigenvalue weighted by molar-refractivity contribution is 5.28. The van der Waals surface area contributed by atoms with E-state index in [-0.39, 0.29) is 0 Å². The highest BCUT2D eigenvalue weighted by Gasteiger charge is 1.89. The van der Waals surface area contributed by atoms with E-state index in [4.69, 9.17) is 18.3 Å². The van der Waals surface area contributed by atoms with Gasteiger partial charge in [0.25, 0.3) is 0 Å². The highest BCUT2D eigenvalue weighted by atomic mass is 20.0. The summed E-state index contributed by atoms with van der Waals surface area (Å²) in [7, 11) is 0. The van der Waals surface area contributed by atoms with Gasteiger partial charge in [-0.1, -0.05) is 23.8 Å². The Morgan fingerprint density at radius 3 is 1.54 bits per heavy atom. The van der Waals surface area contributed by atoms with Crippen molar-refractivity contribution in [1.82, 2.24) is 0 Å². The molecule has 0 spiro atoms. The molecule has 0 saturated heterocycles. The number of halogens is 4. The molecule has 0 aliphatic carbocycles. The Hall–Kier alpha value is -1.06. The van der Waals surface area contributed by atoms with Gasteiger partial charge in [-0.05, 0) is 31.9 Å². The van der Waals surface area contributed by atoms with E-state index in [1.54, 1.807) is 0 Å². The summed E-state index contributed by atoms with van der Waals surface area (Å²) in [6, 6.07) is 6.50. The molecule has 1 aromatic rings. The normalized spacial score (nSPS) is 7.62. The van der Waals surface area contributed by atoms with E-state index >= 15 is 0 Å². The summed E-state index contributed by atoms with van der Waals surface area (Å²) in [5.41, 5.74) is 4.11. The number of benzene rings is 1. The van der Waals surface area contributed by atoms with Gasteiger partial charge in [0.1, 0.15) is 0 Å². The molecule has 0 aliphatic heterocycles. The summed E-state index contributed by atoms with van der Waals surface area (Å²) in [5.74, 6) is 0. The molecule has 1 aromatic carbocycles. The fourth-order valence-electron chi connectivity index (χ4n) is 0.891. The molecule has 4 heteroatoms. The molecule has 0 saturated carbocycles. The van der Waals surface area contributed by atoms with Crippen LogP contribution in [0.25, 0.3) is 0 Å². The second-order valence-corrected chi connectivity index (χ2v) is 2.59.